The Kier molecular flexibility index (Phi) is 25.0. The van der Waals surface area contributed by atoms with Crippen LogP contribution in [-0.2, 0) is 82.9 Å². The fourth-order valence-electron chi connectivity index (χ4n) is 14.7. The van der Waals surface area contributed by atoms with Crippen LogP contribution in [0.4, 0.5) is 15.3 Å². The maximum Gasteiger partial charge on any atom is 0.509 e. The molecule has 0 radical (unpaired) electrons. The molecule has 2 saturated carbocycles. The summed E-state index contributed by atoms with van der Waals surface area (Å²) in [5.74, 6) is -10.6. The van der Waals surface area contributed by atoms with E-state index in [-0.39, 0.29) is 72.3 Å². The standard InChI is InChI=1S/C76H89N7O22/c1-42(2)59(81-55(87)29-19-12-20-37-83-56(88)34-35-57(83)89)68(93)80-51(28-21-36-78-71(77)96)67(92)79-50-32-30-46(31-33-50)40-99-72(97)103-62(60(47-22-13-9-14-23-47)82-66(91)48-24-15-10-16-25-48)70(95)102-52-39-76(98)65(104-69(94)49-26-17-11-18-27-49)63-74(8,53(86)38-54-75(63,41-100-54)105-45(5)85)64(90)61(101-44(4)84)58(43(52)3)73(76,6)7/h9-11,13-18,22-27,30-35,42,51-54,59-63,65,86,98H,12,19-21,28-29,36-41H2,1-8H3,(H,79,92)(H,80,93)(H,81,87)(H,82,91)(H3,77,78,96)/t51-,52-,53-,54+,59-,60-,61+,62+,63+,65-,74-,75+,76-/m0/s1. The van der Waals surface area contributed by atoms with E-state index in [0.717, 1.165) is 18.7 Å². The van der Waals surface area contributed by atoms with Crippen molar-refractivity contribution in [1.82, 2.24) is 26.2 Å². The van der Waals surface area contributed by atoms with Gasteiger partial charge in [0.25, 0.3) is 17.7 Å². The first-order valence-electron chi connectivity index (χ1n) is 34.7. The number of ketones is 1. The van der Waals surface area contributed by atoms with Crippen molar-refractivity contribution in [3.8, 4) is 0 Å². The van der Waals surface area contributed by atoms with Crippen molar-refractivity contribution in [2.75, 3.05) is 25.0 Å². The molecule has 2 heterocycles. The van der Waals surface area contributed by atoms with Crippen LogP contribution in [0.25, 0.3) is 0 Å². The molecule has 0 spiro atoms. The van der Waals surface area contributed by atoms with Crippen molar-refractivity contribution < 1.29 is 106 Å². The molecule has 4 aromatic rings. The molecule has 105 heavy (non-hydrogen) atoms. The minimum absolute atomic E-state index is 0.00235. The number of Topliss-reactive ketones (excluding diaryl/α,β-unsaturated/α-hetero) is 1. The number of imide groups is 1. The van der Waals surface area contributed by atoms with E-state index in [4.69, 9.17) is 38.9 Å². The Morgan fingerprint density at radius 1 is 0.733 bits per heavy atom. The summed E-state index contributed by atoms with van der Waals surface area (Å²) in [6.45, 7) is 10.7. The van der Waals surface area contributed by atoms with Gasteiger partial charge in [-0.3, -0.25) is 48.1 Å². The van der Waals surface area contributed by atoms with E-state index in [1.54, 1.807) is 68.4 Å². The third-order valence-corrected chi connectivity index (χ3v) is 20.3. The van der Waals surface area contributed by atoms with Crippen molar-refractivity contribution in [3.05, 3.63) is 161 Å². The third kappa shape index (κ3) is 17.4. The summed E-state index contributed by atoms with van der Waals surface area (Å²) in [6, 6.07) is 24.6. The summed E-state index contributed by atoms with van der Waals surface area (Å²) in [6.07, 6.45) is -9.15. The number of aliphatic hydroxyl groups excluding tert-OH is 1. The predicted octanol–water partition coefficient (Wildman–Crippen LogP) is 5.59. The molecule has 2 bridgehead atoms. The highest BCUT2D eigenvalue weighted by molar-refractivity contribution is 6.13. The van der Waals surface area contributed by atoms with Crippen molar-refractivity contribution in [3.63, 3.8) is 0 Å². The Hall–Kier alpha value is -10.7. The number of anilines is 1. The number of fused-ring (bicyclic) bond motifs is 5. The van der Waals surface area contributed by atoms with Gasteiger partial charge in [-0.05, 0) is 104 Å². The van der Waals surface area contributed by atoms with Crippen molar-refractivity contribution in [2.24, 2.45) is 28.4 Å². The minimum Gasteiger partial charge on any atom is -0.455 e. The highest BCUT2D eigenvalue weighted by atomic mass is 16.7. The van der Waals surface area contributed by atoms with E-state index in [1.807, 2.05) is 0 Å². The number of nitrogens with two attached hydrogens (primary N) is 1. The van der Waals surface area contributed by atoms with Crippen LogP contribution in [0.3, 0.4) is 0 Å². The van der Waals surface area contributed by atoms with Crippen LogP contribution in [0.1, 0.15) is 145 Å². The van der Waals surface area contributed by atoms with Gasteiger partial charge in [-0.25, -0.2) is 19.2 Å². The molecular formula is C76H89N7O22. The van der Waals surface area contributed by atoms with Gasteiger partial charge in [0, 0.05) is 75.0 Å². The number of carbonyl (C=O) groups is 13. The first-order valence-corrected chi connectivity index (χ1v) is 34.7. The van der Waals surface area contributed by atoms with Gasteiger partial charge in [-0.1, -0.05) is 113 Å². The SMILES string of the molecule is CC(=O)O[C@H]1C(=O)[C@@]2(C)[C@@H](O)C[C@H]3OC[C@]3(OC(C)=O)[C@@H]2[C@H](OC(=O)c2ccccc2)[C@@]2(O)C[C@H](OC(=O)[C@H](OC(=O)OCc3ccc(NC(=O)[C@H](CCCNC(N)=O)NC(=O)[C@@H](NC(=O)CCCCCN4C(=O)C=CC4=O)C(C)C)cc3)[C@@H](NC(=O)c3ccccc3)c3ccccc3)C(C)=C1C2(C)C. The molecule has 1 saturated heterocycles. The van der Waals surface area contributed by atoms with Crippen LogP contribution in [0.2, 0.25) is 0 Å². The van der Waals surface area contributed by atoms with E-state index in [0.29, 0.717) is 24.8 Å². The zero-order chi connectivity index (χ0) is 76.3. The van der Waals surface area contributed by atoms with Crippen LogP contribution in [0.5, 0.6) is 0 Å². The van der Waals surface area contributed by atoms with E-state index in [2.05, 4.69) is 26.6 Å². The number of hydrogen-bond acceptors (Lipinski definition) is 22. The molecule has 13 atom stereocenters. The molecule has 8 amide bonds. The Labute approximate surface area is 606 Å². The second kappa shape index (κ2) is 33.4. The van der Waals surface area contributed by atoms with E-state index >= 15 is 9.59 Å². The molecule has 5 aliphatic rings. The Morgan fingerprint density at radius 3 is 1.95 bits per heavy atom. The number of primary amides is 1. The Balaban J connectivity index is 0.983. The number of hydrogen-bond donors (Lipinski definition) is 8. The first kappa shape index (κ1) is 78.5. The third-order valence-electron chi connectivity index (χ3n) is 20.3. The topological polar surface area (TPSA) is 416 Å². The number of unbranched alkanes of at least 4 members (excludes halogenated alkanes) is 2. The lowest BCUT2D eigenvalue weighted by Gasteiger charge is -2.67. The summed E-state index contributed by atoms with van der Waals surface area (Å²) < 4.78 is 42.7. The van der Waals surface area contributed by atoms with Gasteiger partial charge in [0.2, 0.25) is 23.8 Å². The molecule has 29 nitrogen and oxygen atoms in total. The lowest BCUT2D eigenvalue weighted by Crippen LogP contribution is -2.82. The minimum atomic E-state index is -2.58. The van der Waals surface area contributed by atoms with Crippen molar-refractivity contribution >= 4 is 83.0 Å². The molecule has 0 unspecified atom stereocenters. The Morgan fingerprint density at radius 2 is 1.36 bits per heavy atom. The number of ether oxygens (including phenoxy) is 7. The van der Waals surface area contributed by atoms with Gasteiger partial charge < -0.3 is 75.7 Å². The van der Waals surface area contributed by atoms with Crippen molar-refractivity contribution in [1.29, 1.82) is 0 Å². The largest absolute Gasteiger partial charge is 0.509 e. The van der Waals surface area contributed by atoms with Crippen molar-refractivity contribution in [2.45, 2.75) is 179 Å². The summed E-state index contributed by atoms with van der Waals surface area (Å²) in [5, 5.41) is 40.0. The maximum atomic E-state index is 16.0. The number of nitrogens with zero attached hydrogens (tertiary/aromatic N) is 1. The number of esters is 4. The monoisotopic (exact) mass is 1450 g/mol. The molecule has 9 rings (SSSR count). The van der Waals surface area contributed by atoms with Crippen LogP contribution < -0.4 is 32.3 Å². The normalized spacial score (nSPS) is 24.6. The molecule has 9 N–H and O–H groups in total. The smallest absolute Gasteiger partial charge is 0.455 e. The maximum absolute atomic E-state index is 16.0. The predicted molar refractivity (Wildman–Crippen MR) is 372 cm³/mol. The molecule has 3 aliphatic carbocycles. The number of benzene rings is 4. The van der Waals surface area contributed by atoms with Gasteiger partial charge in [0.1, 0.15) is 48.6 Å². The highest BCUT2D eigenvalue weighted by Crippen LogP contribution is 2.64. The molecule has 4 aromatic carbocycles. The Bertz CT molecular complexity index is 4000. The van der Waals surface area contributed by atoms with Gasteiger partial charge in [0.05, 0.1) is 29.6 Å². The van der Waals surface area contributed by atoms with E-state index in [9.17, 15) is 63.0 Å². The molecule has 2 aliphatic heterocycles. The number of urea groups is 1. The van der Waals surface area contributed by atoms with Gasteiger partial charge in [0.15, 0.2) is 17.5 Å². The van der Waals surface area contributed by atoms with Crippen LogP contribution in [0.15, 0.2) is 139 Å². The zero-order valence-corrected chi connectivity index (χ0v) is 59.5. The van der Waals surface area contributed by atoms with E-state index < -0.39 is 186 Å². The number of amides is 8. The van der Waals surface area contributed by atoms with Gasteiger partial charge in [-0.2, -0.15) is 0 Å². The van der Waals surface area contributed by atoms with Crippen LogP contribution >= 0.6 is 0 Å². The summed E-state index contributed by atoms with van der Waals surface area (Å²) >= 11 is 0. The number of nitrogens with one attached hydrogen (secondary N) is 5. The van der Waals surface area contributed by atoms with Crippen LogP contribution in [0, 0.1) is 22.7 Å². The second-order valence-electron chi connectivity index (χ2n) is 27.9. The summed E-state index contributed by atoms with van der Waals surface area (Å²) in [5.41, 5.74) is -2.47. The number of carbonyl (C=O) groups excluding carboxylic acids is 13. The van der Waals surface area contributed by atoms with Crippen LogP contribution in [-0.4, -0.2) is 172 Å². The molecule has 560 valence electrons. The van der Waals surface area contributed by atoms with Gasteiger partial charge in [-0.15, -0.1) is 0 Å². The molecular weight excluding hydrogens is 1360 g/mol. The number of rotatable bonds is 29. The fourth-order valence-corrected chi connectivity index (χ4v) is 14.7. The van der Waals surface area contributed by atoms with Gasteiger partial charge >= 0.3 is 36.1 Å². The quantitative estimate of drug-likeness (QED) is 0.0108. The highest BCUT2D eigenvalue weighted by Gasteiger charge is 2.78. The molecule has 0 aromatic heterocycles. The lowest BCUT2D eigenvalue weighted by atomic mass is 9.44. The first-order chi connectivity index (χ1) is 49.8. The second-order valence-corrected chi connectivity index (χ2v) is 27.9. The fraction of sp³-hybridized carbons (Fsp3) is 0.461. The average molecular weight is 1450 g/mol. The molecule has 3 fully saturated rings. The number of aliphatic hydroxyl groups is 2. The summed E-state index contributed by atoms with van der Waals surface area (Å²) in [7, 11) is 0. The summed E-state index contributed by atoms with van der Waals surface area (Å²) in [4.78, 5) is 179. The van der Waals surface area contributed by atoms with E-state index in [1.165, 1.54) is 101 Å². The average Bonchev–Trinajstić information content (AvgIpc) is 1.18. The lowest BCUT2D eigenvalue weighted by molar-refractivity contribution is -0.346. The zero-order valence-electron chi connectivity index (χ0n) is 59.5. The molecule has 29 heteroatoms.